The fourth-order valence-electron chi connectivity index (χ4n) is 4.86. The predicted octanol–water partition coefficient (Wildman–Crippen LogP) is 4.74. The Bertz CT molecular complexity index is 1510. The Balaban J connectivity index is 1.48. The molecule has 1 aliphatic heterocycles. The molecule has 2 aromatic heterocycles. The third kappa shape index (κ3) is 3.91. The quantitative estimate of drug-likeness (QED) is 0.449. The Morgan fingerprint density at radius 2 is 1.94 bits per heavy atom. The summed E-state index contributed by atoms with van der Waals surface area (Å²) >= 11 is 0. The van der Waals surface area contributed by atoms with Crippen LogP contribution in [0.4, 0.5) is 16.0 Å². The van der Waals surface area contributed by atoms with Gasteiger partial charge in [-0.25, -0.2) is 18.7 Å². The zero-order valence-electron chi connectivity index (χ0n) is 20.2. The van der Waals surface area contributed by atoms with Gasteiger partial charge < -0.3 is 10.6 Å². The van der Waals surface area contributed by atoms with Crippen LogP contribution in [-0.2, 0) is 18.4 Å². The van der Waals surface area contributed by atoms with Crippen molar-refractivity contribution >= 4 is 22.7 Å². The van der Waals surface area contributed by atoms with Crippen LogP contribution in [0.1, 0.15) is 56.3 Å². The molecule has 0 amide bonds. The average molecular weight is 473 g/mol. The zero-order valence-corrected chi connectivity index (χ0v) is 20.2. The highest BCUT2D eigenvalue weighted by molar-refractivity contribution is 5.77. The number of nitrogens with one attached hydrogen (secondary N) is 2. The van der Waals surface area contributed by atoms with Crippen LogP contribution < -0.4 is 16.2 Å². The van der Waals surface area contributed by atoms with Gasteiger partial charge in [-0.3, -0.25) is 4.79 Å². The molecule has 0 bridgehead atoms. The number of hydrogen-bond donors (Lipinski definition) is 2. The Labute approximate surface area is 203 Å². The summed E-state index contributed by atoms with van der Waals surface area (Å²) in [5.74, 6) is 0.170. The van der Waals surface area contributed by atoms with Gasteiger partial charge in [0.25, 0.3) is 5.56 Å². The van der Waals surface area contributed by atoms with Crippen molar-refractivity contribution in [1.29, 1.82) is 0 Å². The van der Waals surface area contributed by atoms with E-state index in [1.165, 1.54) is 17.2 Å². The molecular formula is C27H29FN6O. The molecule has 1 saturated carbocycles. The molecule has 180 valence electrons. The predicted molar refractivity (Wildman–Crippen MR) is 135 cm³/mol. The molecule has 4 aromatic rings. The van der Waals surface area contributed by atoms with Gasteiger partial charge in [0.15, 0.2) is 5.65 Å². The minimum absolute atomic E-state index is 0.114. The van der Waals surface area contributed by atoms with Crippen LogP contribution in [0.3, 0.4) is 0 Å². The van der Waals surface area contributed by atoms with Crippen molar-refractivity contribution in [3.8, 4) is 5.69 Å². The topological polar surface area (TPSA) is 76.8 Å². The van der Waals surface area contributed by atoms with Gasteiger partial charge in [-0.15, -0.1) is 0 Å². The number of fused-ring (bicyclic) bond motifs is 2. The minimum Gasteiger partial charge on any atom is -0.324 e. The monoisotopic (exact) mass is 472 g/mol. The first-order chi connectivity index (χ1) is 16.8. The van der Waals surface area contributed by atoms with Crippen LogP contribution in [-0.4, -0.2) is 25.9 Å². The first-order valence-corrected chi connectivity index (χ1v) is 12.2. The van der Waals surface area contributed by atoms with Crippen molar-refractivity contribution in [2.24, 2.45) is 0 Å². The van der Waals surface area contributed by atoms with Crippen molar-refractivity contribution < 1.29 is 4.39 Å². The molecule has 1 aliphatic carbocycles. The van der Waals surface area contributed by atoms with Crippen LogP contribution in [0.2, 0.25) is 0 Å². The lowest BCUT2D eigenvalue weighted by Crippen LogP contribution is -2.23. The maximum atomic E-state index is 14.7. The Morgan fingerprint density at radius 3 is 2.71 bits per heavy atom. The molecular weight excluding hydrogens is 443 g/mol. The number of rotatable bonds is 4. The second-order valence-corrected chi connectivity index (χ2v) is 10.6. The standard InChI is InChI=1S/C27H29FN6O/c1-27(2,3)22-13-20(8-9-23(22)28)33-24-21(25(35)34(33)19-6-7-19)15-30-26(32-24)31-18-5-4-17-14-29-11-10-16(17)12-18/h4-5,8-9,12-13,15,19,29H,6-7,10-11,14H2,1-3H3,(H,30,31,32). The van der Waals surface area contributed by atoms with Crippen LogP contribution in [0.15, 0.2) is 47.4 Å². The van der Waals surface area contributed by atoms with E-state index < -0.39 is 0 Å². The Kier molecular flexibility index (Phi) is 5.03. The Morgan fingerprint density at radius 1 is 1.11 bits per heavy atom. The molecule has 0 spiro atoms. The molecule has 0 radical (unpaired) electrons. The van der Waals surface area contributed by atoms with Crippen LogP contribution in [0, 0.1) is 5.82 Å². The van der Waals surface area contributed by atoms with Crippen molar-refractivity contribution in [1.82, 2.24) is 24.6 Å². The highest BCUT2D eigenvalue weighted by Gasteiger charge is 2.31. The van der Waals surface area contributed by atoms with Crippen molar-refractivity contribution in [2.45, 2.75) is 58.0 Å². The third-order valence-corrected chi connectivity index (χ3v) is 6.87. The van der Waals surface area contributed by atoms with E-state index in [9.17, 15) is 9.18 Å². The van der Waals surface area contributed by atoms with Crippen molar-refractivity contribution in [3.05, 3.63) is 75.5 Å². The van der Waals surface area contributed by atoms with E-state index in [1.54, 1.807) is 16.9 Å². The maximum absolute atomic E-state index is 14.7. The lowest BCUT2D eigenvalue weighted by Gasteiger charge is -2.21. The summed E-state index contributed by atoms with van der Waals surface area (Å²) in [6, 6.07) is 11.4. The second kappa shape index (κ2) is 8.02. The summed E-state index contributed by atoms with van der Waals surface area (Å²) in [6.07, 6.45) is 4.45. The molecule has 2 aromatic carbocycles. The number of anilines is 2. The van der Waals surface area contributed by atoms with Gasteiger partial charge in [0, 0.05) is 18.4 Å². The van der Waals surface area contributed by atoms with Gasteiger partial charge in [-0.05, 0) is 78.2 Å². The SMILES string of the molecule is CC(C)(C)c1cc(-n2c3nc(Nc4ccc5c(c4)CCNC5)ncc3c(=O)n2C2CC2)ccc1F. The third-order valence-electron chi connectivity index (χ3n) is 6.87. The lowest BCUT2D eigenvalue weighted by molar-refractivity contribution is 0.518. The molecule has 7 nitrogen and oxygen atoms in total. The van der Waals surface area contributed by atoms with E-state index in [-0.39, 0.29) is 22.8 Å². The lowest BCUT2D eigenvalue weighted by atomic mass is 9.86. The molecule has 3 heterocycles. The molecule has 1 fully saturated rings. The van der Waals surface area contributed by atoms with Crippen LogP contribution >= 0.6 is 0 Å². The summed E-state index contributed by atoms with van der Waals surface area (Å²) in [5.41, 5.74) is 4.88. The van der Waals surface area contributed by atoms with Gasteiger partial charge in [0.1, 0.15) is 11.2 Å². The van der Waals surface area contributed by atoms with Crippen molar-refractivity contribution in [3.63, 3.8) is 0 Å². The van der Waals surface area contributed by atoms with Gasteiger partial charge in [-0.1, -0.05) is 26.8 Å². The van der Waals surface area contributed by atoms with E-state index in [4.69, 9.17) is 4.98 Å². The summed E-state index contributed by atoms with van der Waals surface area (Å²) in [5, 5.41) is 7.16. The molecule has 0 saturated heterocycles. The maximum Gasteiger partial charge on any atom is 0.278 e. The average Bonchev–Trinajstić information content (AvgIpc) is 3.63. The van der Waals surface area contributed by atoms with E-state index in [0.29, 0.717) is 22.5 Å². The molecule has 0 unspecified atom stereocenters. The smallest absolute Gasteiger partial charge is 0.278 e. The fraction of sp³-hybridized carbons (Fsp3) is 0.370. The van der Waals surface area contributed by atoms with Gasteiger partial charge in [-0.2, -0.15) is 4.98 Å². The summed E-state index contributed by atoms with van der Waals surface area (Å²) in [7, 11) is 0. The van der Waals surface area contributed by atoms with Gasteiger partial charge >= 0.3 is 0 Å². The van der Waals surface area contributed by atoms with Gasteiger partial charge in [0.2, 0.25) is 5.95 Å². The van der Waals surface area contributed by atoms with E-state index in [1.807, 2.05) is 37.6 Å². The second-order valence-electron chi connectivity index (χ2n) is 10.6. The Hall–Kier alpha value is -3.52. The van der Waals surface area contributed by atoms with Crippen molar-refractivity contribution in [2.75, 3.05) is 11.9 Å². The van der Waals surface area contributed by atoms with Crippen LogP contribution in [0.5, 0.6) is 0 Å². The summed E-state index contributed by atoms with van der Waals surface area (Å²) in [4.78, 5) is 22.6. The summed E-state index contributed by atoms with van der Waals surface area (Å²) in [6.45, 7) is 7.79. The first kappa shape index (κ1) is 22.0. The largest absolute Gasteiger partial charge is 0.324 e. The van der Waals surface area contributed by atoms with E-state index in [0.717, 1.165) is 43.7 Å². The molecule has 2 N–H and O–H groups in total. The fourth-order valence-corrected chi connectivity index (χ4v) is 4.86. The zero-order chi connectivity index (χ0) is 24.3. The normalized spacial score (nSPS) is 15.9. The molecule has 2 aliphatic rings. The van der Waals surface area contributed by atoms with E-state index >= 15 is 0 Å². The van der Waals surface area contributed by atoms with E-state index in [2.05, 4.69) is 27.8 Å². The number of halogens is 1. The van der Waals surface area contributed by atoms with Gasteiger partial charge in [0.05, 0.1) is 11.7 Å². The number of benzene rings is 2. The van der Waals surface area contributed by atoms with Crippen LogP contribution in [0.25, 0.3) is 16.7 Å². The summed E-state index contributed by atoms with van der Waals surface area (Å²) < 4.78 is 18.3. The molecule has 6 rings (SSSR count). The minimum atomic E-state index is -0.378. The first-order valence-electron chi connectivity index (χ1n) is 12.2. The number of nitrogens with zero attached hydrogens (tertiary/aromatic N) is 4. The number of aromatic nitrogens is 4. The molecule has 35 heavy (non-hydrogen) atoms. The molecule has 8 heteroatoms. The highest BCUT2D eigenvalue weighted by Crippen LogP contribution is 2.36. The highest BCUT2D eigenvalue weighted by atomic mass is 19.1. The molecule has 0 atom stereocenters. The number of hydrogen-bond acceptors (Lipinski definition) is 5.